The van der Waals surface area contributed by atoms with Crippen LogP contribution in [0.4, 0.5) is 0 Å². The van der Waals surface area contributed by atoms with Gasteiger partial charge in [-0.05, 0) is 6.07 Å². The smallest absolute Gasteiger partial charge is 0.175 e. The Bertz CT molecular complexity index is 291. The Morgan fingerprint density at radius 3 is 3.09 bits per heavy atom. The Morgan fingerprint density at radius 1 is 1.64 bits per heavy atom. The Balaban J connectivity index is 2.16. The van der Waals surface area contributed by atoms with Crippen molar-refractivity contribution in [1.29, 1.82) is 5.26 Å². The Morgan fingerprint density at radius 2 is 2.55 bits per heavy atom. The summed E-state index contributed by atoms with van der Waals surface area (Å²) in [7, 11) is 0. The first-order valence-corrected chi connectivity index (χ1v) is 3.37. The molecular formula is C8H6N2O. The van der Waals surface area contributed by atoms with E-state index in [0.717, 1.165) is 5.56 Å². The van der Waals surface area contributed by atoms with Crippen LogP contribution in [0.15, 0.2) is 24.5 Å². The van der Waals surface area contributed by atoms with Crippen molar-refractivity contribution in [2.75, 3.05) is 0 Å². The summed E-state index contributed by atoms with van der Waals surface area (Å²) >= 11 is 0. The highest BCUT2D eigenvalue weighted by Crippen LogP contribution is 2.37. The van der Waals surface area contributed by atoms with E-state index in [1.807, 2.05) is 18.2 Å². The van der Waals surface area contributed by atoms with Crippen molar-refractivity contribution in [3.8, 4) is 6.07 Å². The topological polar surface area (TPSA) is 49.2 Å². The van der Waals surface area contributed by atoms with E-state index in [0.29, 0.717) is 0 Å². The van der Waals surface area contributed by atoms with E-state index in [9.17, 15) is 0 Å². The number of pyridine rings is 1. The molecule has 1 saturated heterocycles. The molecular weight excluding hydrogens is 140 g/mol. The molecule has 1 aliphatic heterocycles. The first-order chi connectivity index (χ1) is 5.42. The largest absolute Gasteiger partial charge is 0.348 e. The molecule has 1 fully saturated rings. The number of aromatic nitrogens is 1. The van der Waals surface area contributed by atoms with E-state index < -0.39 is 0 Å². The van der Waals surface area contributed by atoms with Gasteiger partial charge in [-0.25, -0.2) is 0 Å². The fourth-order valence-corrected chi connectivity index (χ4v) is 1.01. The first-order valence-electron chi connectivity index (χ1n) is 3.37. The Hall–Kier alpha value is -1.40. The van der Waals surface area contributed by atoms with Crippen LogP contribution in [0, 0.1) is 11.3 Å². The van der Waals surface area contributed by atoms with Crippen molar-refractivity contribution in [3.05, 3.63) is 30.1 Å². The highest BCUT2D eigenvalue weighted by Gasteiger charge is 2.40. The van der Waals surface area contributed by atoms with Gasteiger partial charge in [0, 0.05) is 18.0 Å². The minimum absolute atomic E-state index is 0.0336. The predicted molar refractivity (Wildman–Crippen MR) is 37.5 cm³/mol. The van der Waals surface area contributed by atoms with Crippen LogP contribution in [0.5, 0.6) is 0 Å². The summed E-state index contributed by atoms with van der Waals surface area (Å²) < 4.78 is 5.05. The van der Waals surface area contributed by atoms with Gasteiger partial charge in [0.15, 0.2) is 6.10 Å². The number of hydrogen-bond acceptors (Lipinski definition) is 3. The van der Waals surface area contributed by atoms with E-state index in [1.54, 1.807) is 12.4 Å². The molecule has 0 saturated carbocycles. The number of nitrogens with zero attached hydrogens (tertiary/aromatic N) is 2. The molecule has 0 N–H and O–H groups in total. The molecule has 0 amide bonds. The molecule has 2 rings (SSSR count). The summed E-state index contributed by atoms with van der Waals surface area (Å²) in [5.74, 6) is 0. The minimum Gasteiger partial charge on any atom is -0.348 e. The first kappa shape index (κ1) is 6.32. The monoisotopic (exact) mass is 146 g/mol. The van der Waals surface area contributed by atoms with Gasteiger partial charge in [-0.3, -0.25) is 4.98 Å². The quantitative estimate of drug-likeness (QED) is 0.556. The van der Waals surface area contributed by atoms with Crippen LogP contribution < -0.4 is 0 Å². The van der Waals surface area contributed by atoms with Crippen molar-refractivity contribution < 1.29 is 4.74 Å². The van der Waals surface area contributed by atoms with E-state index in [2.05, 4.69) is 4.98 Å². The van der Waals surface area contributed by atoms with Gasteiger partial charge in [-0.15, -0.1) is 0 Å². The number of hydrogen-bond donors (Lipinski definition) is 0. The molecule has 0 bridgehead atoms. The molecule has 0 aromatic carbocycles. The van der Waals surface area contributed by atoms with E-state index in [1.165, 1.54) is 0 Å². The molecule has 3 nitrogen and oxygen atoms in total. The second-order valence-corrected chi connectivity index (χ2v) is 2.39. The van der Waals surface area contributed by atoms with Crippen LogP contribution in [0.3, 0.4) is 0 Å². The minimum atomic E-state index is -0.251. The molecule has 0 unspecified atom stereocenters. The number of epoxide rings is 1. The fraction of sp³-hybridized carbons (Fsp3) is 0.250. The molecule has 1 aromatic rings. The van der Waals surface area contributed by atoms with Crippen LogP contribution in [0.25, 0.3) is 0 Å². The zero-order valence-corrected chi connectivity index (χ0v) is 5.77. The number of ether oxygens (including phenoxy) is 1. The lowest BCUT2D eigenvalue weighted by Crippen LogP contribution is -1.84. The lowest BCUT2D eigenvalue weighted by Gasteiger charge is -1.89. The Labute approximate surface area is 64.2 Å². The zero-order valence-electron chi connectivity index (χ0n) is 5.77. The summed E-state index contributed by atoms with van der Waals surface area (Å²) in [6.07, 6.45) is 3.14. The van der Waals surface area contributed by atoms with Gasteiger partial charge in [0.2, 0.25) is 0 Å². The van der Waals surface area contributed by atoms with Crippen LogP contribution >= 0.6 is 0 Å². The molecule has 11 heavy (non-hydrogen) atoms. The SMILES string of the molecule is N#C[C@@H]1O[C@@H]1c1cccnc1. The molecule has 2 heterocycles. The second kappa shape index (κ2) is 2.33. The van der Waals surface area contributed by atoms with Gasteiger partial charge in [-0.2, -0.15) is 5.26 Å². The van der Waals surface area contributed by atoms with Crippen molar-refractivity contribution in [2.45, 2.75) is 12.2 Å². The second-order valence-electron chi connectivity index (χ2n) is 2.39. The van der Waals surface area contributed by atoms with Crippen LogP contribution in [0.2, 0.25) is 0 Å². The van der Waals surface area contributed by atoms with E-state index in [-0.39, 0.29) is 12.2 Å². The molecule has 3 heteroatoms. The van der Waals surface area contributed by atoms with Crippen molar-refractivity contribution in [1.82, 2.24) is 4.98 Å². The average molecular weight is 146 g/mol. The molecule has 1 aromatic heterocycles. The summed E-state index contributed by atoms with van der Waals surface area (Å²) in [4.78, 5) is 3.93. The molecule has 54 valence electrons. The summed E-state index contributed by atoms with van der Waals surface area (Å²) in [6, 6.07) is 5.79. The molecule has 2 atom stereocenters. The molecule has 1 aliphatic rings. The van der Waals surface area contributed by atoms with Crippen LogP contribution in [0.1, 0.15) is 11.7 Å². The average Bonchev–Trinajstić information content (AvgIpc) is 2.85. The molecule has 0 aliphatic carbocycles. The summed E-state index contributed by atoms with van der Waals surface area (Å²) in [5, 5.41) is 8.44. The maximum Gasteiger partial charge on any atom is 0.175 e. The number of rotatable bonds is 1. The maximum atomic E-state index is 8.44. The molecule has 0 spiro atoms. The third kappa shape index (κ3) is 1.08. The van der Waals surface area contributed by atoms with Crippen molar-refractivity contribution >= 4 is 0 Å². The third-order valence-corrected chi connectivity index (χ3v) is 1.63. The standard InChI is InChI=1S/C8H6N2O/c9-4-7-8(11-7)6-2-1-3-10-5-6/h1-3,5,7-8H/t7-,8+/m0/s1. The maximum absolute atomic E-state index is 8.44. The predicted octanol–water partition coefficient (Wildman–Crippen LogP) is 1.05. The van der Waals surface area contributed by atoms with Gasteiger partial charge in [0.1, 0.15) is 6.10 Å². The highest BCUT2D eigenvalue weighted by molar-refractivity contribution is 5.22. The van der Waals surface area contributed by atoms with Crippen LogP contribution in [-0.2, 0) is 4.74 Å². The van der Waals surface area contributed by atoms with E-state index >= 15 is 0 Å². The Kier molecular flexibility index (Phi) is 1.34. The fourth-order valence-electron chi connectivity index (χ4n) is 1.01. The van der Waals surface area contributed by atoms with E-state index in [4.69, 9.17) is 10.00 Å². The summed E-state index contributed by atoms with van der Waals surface area (Å²) in [5.41, 5.74) is 0.985. The van der Waals surface area contributed by atoms with Gasteiger partial charge in [-0.1, -0.05) is 6.07 Å². The summed E-state index contributed by atoms with van der Waals surface area (Å²) in [6.45, 7) is 0. The number of nitriles is 1. The lowest BCUT2D eigenvalue weighted by atomic mass is 10.2. The highest BCUT2D eigenvalue weighted by atomic mass is 16.6. The van der Waals surface area contributed by atoms with Gasteiger partial charge < -0.3 is 4.74 Å². The van der Waals surface area contributed by atoms with Gasteiger partial charge in [0.25, 0.3) is 0 Å². The van der Waals surface area contributed by atoms with Crippen molar-refractivity contribution in [3.63, 3.8) is 0 Å². The zero-order chi connectivity index (χ0) is 7.68. The van der Waals surface area contributed by atoms with Gasteiger partial charge in [0.05, 0.1) is 6.07 Å². The molecule has 0 radical (unpaired) electrons. The van der Waals surface area contributed by atoms with Gasteiger partial charge >= 0.3 is 0 Å². The third-order valence-electron chi connectivity index (χ3n) is 1.63. The van der Waals surface area contributed by atoms with Crippen LogP contribution in [-0.4, -0.2) is 11.1 Å². The lowest BCUT2D eigenvalue weighted by molar-refractivity contribution is 0.396. The van der Waals surface area contributed by atoms with Crippen molar-refractivity contribution in [2.24, 2.45) is 0 Å². The normalized spacial score (nSPS) is 27.5.